The van der Waals surface area contributed by atoms with Gasteiger partial charge in [-0.3, -0.25) is 0 Å². The molecule has 0 aliphatic rings. The summed E-state index contributed by atoms with van der Waals surface area (Å²) in [5.74, 6) is 0. The molecule has 0 amide bonds. The molecule has 0 fully saturated rings. The largest absolute Gasteiger partial charge is 0.391 e. The molecular formula is C7H14O5. The van der Waals surface area contributed by atoms with Crippen LogP contribution in [0.25, 0.3) is 0 Å². The van der Waals surface area contributed by atoms with Crippen molar-refractivity contribution in [3.05, 3.63) is 0 Å². The minimum atomic E-state index is -1.53. The number of hydrogen-bond donors (Lipinski definition) is 3. The lowest BCUT2D eigenvalue weighted by molar-refractivity contribution is -0.138. The van der Waals surface area contributed by atoms with E-state index in [2.05, 4.69) is 4.74 Å². The summed E-state index contributed by atoms with van der Waals surface area (Å²) in [6.07, 6.45) is -5.12. The van der Waals surface area contributed by atoms with Crippen LogP contribution < -0.4 is 0 Å². The average molecular weight is 179 g/mol. The van der Waals surface area contributed by atoms with Gasteiger partial charge in [-0.1, -0.05) is 0 Å². The highest BCUT2D eigenvalue weighted by Gasteiger charge is 2.29. The van der Waals surface area contributed by atoms with E-state index in [1.807, 2.05) is 0 Å². The van der Waals surface area contributed by atoms with E-state index < -0.39 is 31.5 Å². The van der Waals surface area contributed by atoms with Gasteiger partial charge in [0, 0.05) is 7.09 Å². The maximum absolute atomic E-state index is 10.2. The third-order valence-corrected chi connectivity index (χ3v) is 1.50. The highest BCUT2D eigenvalue weighted by atomic mass is 16.5. The molecule has 5 heteroatoms. The lowest BCUT2D eigenvalue weighted by Gasteiger charge is -2.24. The van der Waals surface area contributed by atoms with Gasteiger partial charge in [0.1, 0.15) is 18.3 Å². The van der Waals surface area contributed by atoms with Gasteiger partial charge in [0.15, 0.2) is 6.29 Å². The zero-order valence-electron chi connectivity index (χ0n) is 7.75. The number of ether oxygens (including phenoxy) is 1. The van der Waals surface area contributed by atoms with Gasteiger partial charge in [0.05, 0.1) is 7.47 Å². The zero-order valence-corrected chi connectivity index (χ0v) is 6.75. The number of hydrogen-bond acceptors (Lipinski definition) is 5. The number of methoxy groups -OCH3 is 1. The Kier molecular flexibility index (Phi) is 4.16. The topological polar surface area (TPSA) is 87.0 Å². The van der Waals surface area contributed by atoms with Gasteiger partial charge in [-0.25, -0.2) is 0 Å². The average Bonchev–Trinajstić information content (AvgIpc) is 2.11. The molecule has 0 heterocycles. The molecule has 0 aromatic rings. The lowest BCUT2D eigenvalue weighted by atomic mass is 10.1. The molecule has 12 heavy (non-hydrogen) atoms. The first-order valence-electron chi connectivity index (χ1n) is 4.15. The van der Waals surface area contributed by atoms with Crippen molar-refractivity contribution < 1.29 is 26.2 Å². The Bertz CT molecular complexity index is 152. The first kappa shape index (κ1) is 9.60. The summed E-state index contributed by atoms with van der Waals surface area (Å²) in [6.45, 7) is 1.29. The molecule has 0 unspecified atom stereocenters. The van der Waals surface area contributed by atoms with E-state index in [9.17, 15) is 9.90 Å². The minimum absolute atomic E-state index is 0.186. The maximum atomic E-state index is 10.2. The van der Waals surface area contributed by atoms with Crippen molar-refractivity contribution in [2.75, 3.05) is 7.09 Å². The number of aliphatic hydroxyl groups is 3. The monoisotopic (exact) mass is 179 g/mol. The zero-order chi connectivity index (χ0) is 10.4. The summed E-state index contributed by atoms with van der Waals surface area (Å²) in [4.78, 5) is 10.2. The molecule has 0 aliphatic heterocycles. The number of aliphatic hydroxyl groups excluding tert-OH is 3. The summed E-state index contributed by atoms with van der Waals surface area (Å²) in [6, 6.07) is 0. The highest BCUT2D eigenvalue weighted by molar-refractivity contribution is 5.56. The highest BCUT2D eigenvalue weighted by Crippen LogP contribution is 2.06. The quantitative estimate of drug-likeness (QED) is 0.438. The van der Waals surface area contributed by atoms with Crippen molar-refractivity contribution >= 4 is 6.29 Å². The summed E-state index contributed by atoms with van der Waals surface area (Å²) in [5, 5.41) is 27.2. The van der Waals surface area contributed by atoms with E-state index in [0.29, 0.717) is 0 Å². The molecule has 0 saturated carbocycles. The van der Waals surface area contributed by atoms with E-state index in [4.69, 9.17) is 11.6 Å². The van der Waals surface area contributed by atoms with Gasteiger partial charge >= 0.3 is 0 Å². The van der Waals surface area contributed by atoms with E-state index >= 15 is 0 Å². The van der Waals surface area contributed by atoms with E-state index in [1.165, 1.54) is 6.92 Å². The van der Waals surface area contributed by atoms with Crippen LogP contribution >= 0.6 is 0 Å². The molecule has 4 atom stereocenters. The van der Waals surface area contributed by atoms with Crippen LogP contribution in [-0.4, -0.2) is 53.1 Å². The van der Waals surface area contributed by atoms with Gasteiger partial charge in [0.25, 0.3) is 0 Å². The van der Waals surface area contributed by atoms with E-state index in [0.717, 1.165) is 0 Å². The molecule has 0 rings (SSSR count). The second-order valence-corrected chi connectivity index (χ2v) is 2.49. The summed E-state index contributed by atoms with van der Waals surface area (Å²) >= 11 is 0. The Morgan fingerprint density at radius 3 is 2.42 bits per heavy atom. The first-order chi connectivity index (χ1) is 6.04. The van der Waals surface area contributed by atoms with Crippen LogP contribution in [0.5, 0.6) is 0 Å². The van der Waals surface area contributed by atoms with E-state index in [-0.39, 0.29) is 6.29 Å². The molecule has 0 aromatic heterocycles. The van der Waals surface area contributed by atoms with E-state index in [1.54, 1.807) is 0 Å². The Morgan fingerprint density at radius 2 is 2.08 bits per heavy atom. The fourth-order valence-electron chi connectivity index (χ4n) is 0.751. The van der Waals surface area contributed by atoms with Crippen molar-refractivity contribution in [2.45, 2.75) is 31.3 Å². The van der Waals surface area contributed by atoms with Crippen molar-refractivity contribution in [2.24, 2.45) is 0 Å². The molecular weight excluding hydrogens is 164 g/mol. The Morgan fingerprint density at radius 1 is 1.50 bits per heavy atom. The van der Waals surface area contributed by atoms with Crippen LogP contribution in [-0.2, 0) is 9.53 Å². The van der Waals surface area contributed by atoms with Crippen molar-refractivity contribution in [3.63, 3.8) is 0 Å². The Hall–Kier alpha value is -0.490. The second-order valence-electron chi connectivity index (χ2n) is 2.49. The lowest BCUT2D eigenvalue weighted by Crippen LogP contribution is -2.45. The minimum Gasteiger partial charge on any atom is -0.391 e. The fraction of sp³-hybridized carbons (Fsp3) is 0.857. The summed E-state index contributed by atoms with van der Waals surface area (Å²) in [7, 11) is -0.501. The number of aldehydes is 1. The Balaban J connectivity index is 4.30. The third kappa shape index (κ3) is 2.86. The smallest absolute Gasteiger partial charge is 0.151 e. The van der Waals surface area contributed by atoms with Gasteiger partial charge in [-0.2, -0.15) is 0 Å². The molecule has 0 aromatic carbocycles. The number of carbonyl (C=O) groups excluding carboxylic acids is 1. The van der Waals surface area contributed by atoms with Crippen molar-refractivity contribution in [3.8, 4) is 0 Å². The van der Waals surface area contributed by atoms with Crippen LogP contribution in [0.2, 0.25) is 0 Å². The Labute approximate surface area is 72.0 Å². The maximum Gasteiger partial charge on any atom is 0.151 e. The van der Waals surface area contributed by atoms with Crippen LogP contribution in [0.1, 0.15) is 8.29 Å². The molecule has 0 aliphatic carbocycles. The normalized spacial score (nSPS) is 22.2. The number of carbonyl (C=O) groups is 1. The molecule has 0 radical (unpaired) electrons. The summed E-state index contributed by atoms with van der Waals surface area (Å²) < 4.78 is 11.3. The van der Waals surface area contributed by atoms with Crippen molar-refractivity contribution in [1.82, 2.24) is 0 Å². The van der Waals surface area contributed by atoms with Gasteiger partial charge in [0.2, 0.25) is 0 Å². The molecule has 3 N–H and O–H groups in total. The van der Waals surface area contributed by atoms with Gasteiger partial charge in [-0.15, -0.1) is 0 Å². The van der Waals surface area contributed by atoms with Crippen LogP contribution in [0.3, 0.4) is 0 Å². The third-order valence-electron chi connectivity index (χ3n) is 1.50. The van der Waals surface area contributed by atoms with Gasteiger partial charge < -0.3 is 24.9 Å². The molecule has 0 bridgehead atoms. The molecule has 0 spiro atoms. The molecule has 5 nitrogen and oxygen atoms in total. The SMILES string of the molecule is [2H]CO[C@H]([C@H](O)[C@H](C)O)[C@H](O)C=O. The van der Waals surface area contributed by atoms with Gasteiger partial charge in [-0.05, 0) is 6.92 Å². The molecule has 0 saturated heterocycles. The molecule has 72 valence electrons. The predicted octanol–water partition coefficient (Wildman–Crippen LogP) is -1.70. The number of rotatable bonds is 5. The first-order valence-corrected chi connectivity index (χ1v) is 3.45. The second kappa shape index (κ2) is 5.21. The standard InChI is InChI=1S/C7H14O5/c1-4(9)6(11)7(12-2)5(10)3-8/h3-7,9-11H,1-2H3/t4-,5+,6+,7-/m0/s1/i2D. The summed E-state index contributed by atoms with van der Waals surface area (Å²) in [5.41, 5.74) is 0. The predicted molar refractivity (Wildman–Crippen MR) is 40.6 cm³/mol. The van der Waals surface area contributed by atoms with Crippen LogP contribution in [0, 0.1) is 0 Å². The fourth-order valence-corrected chi connectivity index (χ4v) is 0.751. The van der Waals surface area contributed by atoms with Crippen LogP contribution in [0.4, 0.5) is 0 Å². The van der Waals surface area contributed by atoms with Crippen molar-refractivity contribution in [1.29, 1.82) is 0 Å². The van der Waals surface area contributed by atoms with Crippen LogP contribution in [0.15, 0.2) is 0 Å².